The van der Waals surface area contributed by atoms with E-state index in [9.17, 15) is 8.78 Å². The number of aromatic nitrogens is 1. The van der Waals surface area contributed by atoms with Crippen molar-refractivity contribution in [2.75, 3.05) is 13.1 Å². The Morgan fingerprint density at radius 2 is 2.23 bits per heavy atom. The number of oxazole rings is 1. The van der Waals surface area contributed by atoms with Crippen LogP contribution in [0.25, 0.3) is 11.5 Å². The molecule has 0 N–H and O–H groups in total. The van der Waals surface area contributed by atoms with Gasteiger partial charge in [-0.15, -0.1) is 13.0 Å². The van der Waals surface area contributed by atoms with Crippen LogP contribution in [0, 0.1) is 30.9 Å². The molecule has 0 atom stereocenters. The first-order valence-corrected chi connectivity index (χ1v) is 6.73. The minimum absolute atomic E-state index is 0.128. The summed E-state index contributed by atoms with van der Waals surface area (Å²) in [4.78, 5) is 6.25. The van der Waals surface area contributed by atoms with Crippen molar-refractivity contribution in [3.05, 3.63) is 53.9 Å². The summed E-state index contributed by atoms with van der Waals surface area (Å²) < 4.78 is 32.3. The molecule has 0 aliphatic heterocycles. The van der Waals surface area contributed by atoms with Crippen LogP contribution in [0.5, 0.6) is 0 Å². The molecule has 0 saturated carbocycles. The predicted octanol–water partition coefficient (Wildman–Crippen LogP) is 3.55. The van der Waals surface area contributed by atoms with Gasteiger partial charge in [0.15, 0.2) is 0 Å². The average Bonchev–Trinajstić information content (AvgIpc) is 2.80. The smallest absolute Gasteiger partial charge is 0.229 e. The van der Waals surface area contributed by atoms with Crippen LogP contribution in [0.15, 0.2) is 35.3 Å². The van der Waals surface area contributed by atoms with Crippen molar-refractivity contribution < 1.29 is 13.2 Å². The second kappa shape index (κ2) is 7.01. The van der Waals surface area contributed by atoms with Gasteiger partial charge in [-0.25, -0.2) is 13.8 Å². The van der Waals surface area contributed by atoms with Gasteiger partial charge in [0.2, 0.25) is 5.89 Å². The molecule has 1 heterocycles. The molecule has 5 heteroatoms. The van der Waals surface area contributed by atoms with Crippen LogP contribution >= 0.6 is 0 Å². The molecule has 1 aromatic carbocycles. The second-order valence-electron chi connectivity index (χ2n) is 4.81. The molecular weight excluding hydrogens is 286 g/mol. The Morgan fingerprint density at radius 1 is 1.45 bits per heavy atom. The van der Waals surface area contributed by atoms with Crippen molar-refractivity contribution in [2.24, 2.45) is 0 Å². The quantitative estimate of drug-likeness (QED) is 0.603. The SMILES string of the molecule is C#CCN(CC=C)Cc1nc(-c2ccc(F)cc2F)oc1C. The first kappa shape index (κ1) is 15.9. The van der Waals surface area contributed by atoms with Crippen molar-refractivity contribution in [3.63, 3.8) is 0 Å². The zero-order valence-corrected chi connectivity index (χ0v) is 12.3. The summed E-state index contributed by atoms with van der Waals surface area (Å²) >= 11 is 0. The van der Waals surface area contributed by atoms with Gasteiger partial charge in [0, 0.05) is 19.2 Å². The highest BCUT2D eigenvalue weighted by molar-refractivity contribution is 5.54. The van der Waals surface area contributed by atoms with Crippen LogP contribution in [0.3, 0.4) is 0 Å². The number of terminal acetylenes is 1. The standard InChI is InChI=1S/C17H16F2N2O/c1-4-8-21(9-5-2)11-16-12(3)22-17(20-16)14-7-6-13(18)10-15(14)19/h1,5-7,10H,2,8-9,11H2,3H3. The number of hydrogen-bond donors (Lipinski definition) is 0. The van der Waals surface area contributed by atoms with E-state index in [1.165, 1.54) is 12.1 Å². The number of halogens is 2. The molecule has 0 saturated heterocycles. The molecule has 0 radical (unpaired) electrons. The maximum Gasteiger partial charge on any atom is 0.229 e. The molecule has 2 aromatic rings. The summed E-state index contributed by atoms with van der Waals surface area (Å²) in [6.45, 7) is 6.94. The number of hydrogen-bond acceptors (Lipinski definition) is 3. The molecule has 1 aromatic heterocycles. The van der Waals surface area contributed by atoms with Gasteiger partial charge in [-0.05, 0) is 19.1 Å². The maximum atomic E-state index is 13.8. The summed E-state index contributed by atoms with van der Waals surface area (Å²) in [6, 6.07) is 3.28. The Bertz CT molecular complexity index is 716. The van der Waals surface area contributed by atoms with E-state index in [0.29, 0.717) is 31.1 Å². The monoisotopic (exact) mass is 302 g/mol. The molecule has 0 bridgehead atoms. The Kier molecular flexibility index (Phi) is 5.08. The van der Waals surface area contributed by atoms with E-state index in [0.717, 1.165) is 6.07 Å². The molecule has 114 valence electrons. The van der Waals surface area contributed by atoms with E-state index < -0.39 is 11.6 Å². The van der Waals surface area contributed by atoms with Crippen molar-refractivity contribution in [2.45, 2.75) is 13.5 Å². The number of benzene rings is 1. The molecule has 2 rings (SSSR count). The minimum Gasteiger partial charge on any atom is -0.441 e. The van der Waals surface area contributed by atoms with Crippen LogP contribution in [0.4, 0.5) is 8.78 Å². The lowest BCUT2D eigenvalue weighted by molar-refractivity contribution is 0.326. The minimum atomic E-state index is -0.709. The van der Waals surface area contributed by atoms with Gasteiger partial charge in [-0.2, -0.15) is 0 Å². The van der Waals surface area contributed by atoms with Crippen LogP contribution in [-0.2, 0) is 6.54 Å². The molecule has 0 amide bonds. The van der Waals surface area contributed by atoms with E-state index in [1.54, 1.807) is 13.0 Å². The fourth-order valence-electron chi connectivity index (χ4n) is 2.06. The lowest BCUT2D eigenvalue weighted by Gasteiger charge is -2.15. The second-order valence-corrected chi connectivity index (χ2v) is 4.81. The highest BCUT2D eigenvalue weighted by Crippen LogP contribution is 2.25. The number of rotatable bonds is 6. The van der Waals surface area contributed by atoms with E-state index in [1.807, 2.05) is 4.90 Å². The van der Waals surface area contributed by atoms with E-state index in [2.05, 4.69) is 17.5 Å². The fraction of sp³-hybridized carbons (Fsp3) is 0.235. The fourth-order valence-corrected chi connectivity index (χ4v) is 2.06. The van der Waals surface area contributed by atoms with Crippen LogP contribution in [0.2, 0.25) is 0 Å². The Labute approximate surface area is 128 Å². The van der Waals surface area contributed by atoms with Crippen molar-refractivity contribution in [1.29, 1.82) is 0 Å². The Hall–Kier alpha value is -2.45. The van der Waals surface area contributed by atoms with E-state index >= 15 is 0 Å². The van der Waals surface area contributed by atoms with E-state index in [-0.39, 0.29) is 11.5 Å². The summed E-state index contributed by atoms with van der Waals surface area (Å²) in [5.41, 5.74) is 0.791. The topological polar surface area (TPSA) is 29.3 Å². The molecule has 0 unspecified atom stereocenters. The first-order chi connectivity index (χ1) is 10.5. The van der Waals surface area contributed by atoms with Crippen molar-refractivity contribution >= 4 is 0 Å². The van der Waals surface area contributed by atoms with E-state index in [4.69, 9.17) is 10.8 Å². The molecule has 22 heavy (non-hydrogen) atoms. The third-order valence-corrected chi connectivity index (χ3v) is 3.13. The lowest BCUT2D eigenvalue weighted by Crippen LogP contribution is -2.24. The van der Waals surface area contributed by atoms with Gasteiger partial charge in [0.1, 0.15) is 17.4 Å². The summed E-state index contributed by atoms with van der Waals surface area (Å²) in [5, 5.41) is 0. The zero-order chi connectivity index (χ0) is 16.1. The Balaban J connectivity index is 2.27. The largest absolute Gasteiger partial charge is 0.441 e. The van der Waals surface area contributed by atoms with Crippen LogP contribution in [-0.4, -0.2) is 23.0 Å². The molecule has 3 nitrogen and oxygen atoms in total. The predicted molar refractivity (Wildman–Crippen MR) is 80.9 cm³/mol. The third kappa shape index (κ3) is 3.60. The molecule has 0 spiro atoms. The summed E-state index contributed by atoms with van der Waals surface area (Å²) in [7, 11) is 0. The molecule has 0 aliphatic carbocycles. The van der Waals surface area contributed by atoms with Gasteiger partial charge < -0.3 is 4.42 Å². The number of nitrogens with zero attached hydrogens (tertiary/aromatic N) is 2. The third-order valence-electron chi connectivity index (χ3n) is 3.13. The van der Waals surface area contributed by atoms with Crippen LogP contribution < -0.4 is 0 Å². The molecular formula is C17H16F2N2O. The Morgan fingerprint density at radius 3 is 2.86 bits per heavy atom. The lowest BCUT2D eigenvalue weighted by atomic mass is 10.2. The number of aryl methyl sites for hydroxylation is 1. The van der Waals surface area contributed by atoms with Gasteiger partial charge in [0.25, 0.3) is 0 Å². The van der Waals surface area contributed by atoms with Gasteiger partial charge in [-0.3, -0.25) is 4.90 Å². The summed E-state index contributed by atoms with van der Waals surface area (Å²) in [6.07, 6.45) is 7.07. The maximum absolute atomic E-state index is 13.8. The van der Waals surface area contributed by atoms with Crippen LogP contribution in [0.1, 0.15) is 11.5 Å². The van der Waals surface area contributed by atoms with Gasteiger partial charge >= 0.3 is 0 Å². The van der Waals surface area contributed by atoms with Crippen molar-refractivity contribution in [3.8, 4) is 23.8 Å². The highest BCUT2D eigenvalue weighted by Gasteiger charge is 2.17. The summed E-state index contributed by atoms with van der Waals surface area (Å²) in [5.74, 6) is 1.92. The normalized spacial score (nSPS) is 10.7. The van der Waals surface area contributed by atoms with Crippen molar-refractivity contribution in [1.82, 2.24) is 9.88 Å². The average molecular weight is 302 g/mol. The molecule has 0 aliphatic rings. The van der Waals surface area contributed by atoms with Gasteiger partial charge in [-0.1, -0.05) is 12.0 Å². The highest BCUT2D eigenvalue weighted by atomic mass is 19.1. The first-order valence-electron chi connectivity index (χ1n) is 6.73. The molecule has 0 fully saturated rings. The van der Waals surface area contributed by atoms with Gasteiger partial charge in [0.05, 0.1) is 17.8 Å². The zero-order valence-electron chi connectivity index (χ0n) is 12.3.